The van der Waals surface area contributed by atoms with Gasteiger partial charge in [0.25, 0.3) is 5.91 Å². The average molecular weight is 348 g/mol. The molecule has 2 aromatic carbocycles. The highest BCUT2D eigenvalue weighted by Crippen LogP contribution is 2.41. The number of carbonyl (C=O) groups is 1. The zero-order valence-corrected chi connectivity index (χ0v) is 15.7. The van der Waals surface area contributed by atoms with Crippen LogP contribution in [0.15, 0.2) is 54.6 Å². The van der Waals surface area contributed by atoms with E-state index in [-0.39, 0.29) is 11.3 Å². The van der Waals surface area contributed by atoms with E-state index < -0.39 is 0 Å². The van der Waals surface area contributed by atoms with Crippen LogP contribution in [0.3, 0.4) is 0 Å². The number of amides is 1. The molecule has 2 aliphatic rings. The maximum Gasteiger partial charge on any atom is 0.254 e. The molecule has 4 rings (SSSR count). The van der Waals surface area contributed by atoms with Crippen molar-refractivity contribution in [1.82, 2.24) is 9.80 Å². The standard InChI is InChI=1S/C23H28N2O/c1-2-25-18-23(21-11-7-6-10-20(21)22(25)26)13-16-24(17-14-23)15-12-19-8-4-3-5-9-19/h3-11H,2,12-18H2,1H3. The largest absolute Gasteiger partial charge is 0.338 e. The van der Waals surface area contributed by atoms with Gasteiger partial charge >= 0.3 is 0 Å². The van der Waals surface area contributed by atoms with E-state index in [0.717, 1.165) is 57.5 Å². The number of hydrogen-bond acceptors (Lipinski definition) is 2. The molecule has 0 radical (unpaired) electrons. The highest BCUT2D eigenvalue weighted by atomic mass is 16.2. The van der Waals surface area contributed by atoms with Gasteiger partial charge in [0.15, 0.2) is 0 Å². The summed E-state index contributed by atoms with van der Waals surface area (Å²) in [7, 11) is 0. The summed E-state index contributed by atoms with van der Waals surface area (Å²) in [6, 6.07) is 19.1. The first kappa shape index (κ1) is 17.3. The summed E-state index contributed by atoms with van der Waals surface area (Å²) in [5.41, 5.74) is 3.78. The minimum absolute atomic E-state index is 0.143. The van der Waals surface area contributed by atoms with E-state index in [0.29, 0.717) is 0 Å². The Morgan fingerprint density at radius 2 is 1.65 bits per heavy atom. The Morgan fingerprint density at radius 1 is 0.962 bits per heavy atom. The highest BCUT2D eigenvalue weighted by Gasteiger charge is 2.44. The number of likely N-dealkylation sites (tertiary alicyclic amines) is 1. The summed E-state index contributed by atoms with van der Waals surface area (Å²) in [5, 5.41) is 0. The van der Waals surface area contributed by atoms with Crippen LogP contribution in [0.5, 0.6) is 0 Å². The number of rotatable bonds is 4. The molecule has 0 N–H and O–H groups in total. The zero-order valence-electron chi connectivity index (χ0n) is 15.7. The second kappa shape index (κ2) is 7.24. The summed E-state index contributed by atoms with van der Waals surface area (Å²) in [6.07, 6.45) is 3.40. The lowest BCUT2D eigenvalue weighted by atomic mass is 9.68. The van der Waals surface area contributed by atoms with Crippen molar-refractivity contribution in [2.24, 2.45) is 0 Å². The molecule has 2 heterocycles. The first-order chi connectivity index (χ1) is 12.7. The predicted octanol–water partition coefficient (Wildman–Crippen LogP) is 3.74. The Balaban J connectivity index is 1.47. The van der Waals surface area contributed by atoms with Crippen molar-refractivity contribution in [1.29, 1.82) is 0 Å². The van der Waals surface area contributed by atoms with E-state index in [4.69, 9.17) is 0 Å². The molecule has 136 valence electrons. The van der Waals surface area contributed by atoms with Gasteiger partial charge in [-0.15, -0.1) is 0 Å². The summed E-state index contributed by atoms with van der Waals surface area (Å²) >= 11 is 0. The normalized spacial score (nSPS) is 19.6. The van der Waals surface area contributed by atoms with Crippen LogP contribution in [0.2, 0.25) is 0 Å². The summed E-state index contributed by atoms with van der Waals surface area (Å²) in [6.45, 7) is 7.13. The molecule has 0 unspecified atom stereocenters. The molecule has 2 aliphatic heterocycles. The Hall–Kier alpha value is -2.13. The smallest absolute Gasteiger partial charge is 0.254 e. The van der Waals surface area contributed by atoms with Crippen LogP contribution in [-0.4, -0.2) is 48.4 Å². The first-order valence-corrected chi connectivity index (χ1v) is 9.87. The van der Waals surface area contributed by atoms with Crippen molar-refractivity contribution in [3.63, 3.8) is 0 Å². The molecule has 3 heteroatoms. The maximum absolute atomic E-state index is 12.7. The van der Waals surface area contributed by atoms with Gasteiger partial charge in [0.2, 0.25) is 0 Å². The average Bonchev–Trinajstić information content (AvgIpc) is 2.71. The van der Waals surface area contributed by atoms with E-state index in [2.05, 4.69) is 54.3 Å². The Bertz CT molecular complexity index is 763. The zero-order chi connectivity index (χ0) is 18.0. The molecule has 0 atom stereocenters. The van der Waals surface area contributed by atoms with Crippen LogP contribution in [-0.2, 0) is 11.8 Å². The van der Waals surface area contributed by atoms with Gasteiger partial charge in [-0.2, -0.15) is 0 Å². The van der Waals surface area contributed by atoms with Gasteiger partial charge in [0.1, 0.15) is 0 Å². The van der Waals surface area contributed by atoms with E-state index in [1.165, 1.54) is 11.1 Å². The van der Waals surface area contributed by atoms with Crippen LogP contribution < -0.4 is 0 Å². The maximum atomic E-state index is 12.7. The number of benzene rings is 2. The molecular formula is C23H28N2O. The summed E-state index contributed by atoms with van der Waals surface area (Å²) in [5.74, 6) is 0.209. The predicted molar refractivity (Wildman–Crippen MR) is 106 cm³/mol. The van der Waals surface area contributed by atoms with Crippen molar-refractivity contribution in [2.75, 3.05) is 32.7 Å². The van der Waals surface area contributed by atoms with Gasteiger partial charge in [-0.3, -0.25) is 4.79 Å². The van der Waals surface area contributed by atoms with Crippen LogP contribution in [0, 0.1) is 0 Å². The van der Waals surface area contributed by atoms with E-state index >= 15 is 0 Å². The van der Waals surface area contributed by atoms with Crippen molar-refractivity contribution in [2.45, 2.75) is 31.6 Å². The molecular weight excluding hydrogens is 320 g/mol. The van der Waals surface area contributed by atoms with Gasteiger partial charge < -0.3 is 9.80 Å². The second-order valence-corrected chi connectivity index (χ2v) is 7.72. The molecule has 3 nitrogen and oxygen atoms in total. The molecule has 1 amide bonds. The number of fused-ring (bicyclic) bond motifs is 2. The van der Waals surface area contributed by atoms with Gasteiger partial charge in [-0.05, 0) is 56.5 Å². The molecule has 2 aromatic rings. The van der Waals surface area contributed by atoms with E-state index in [1.54, 1.807) is 0 Å². The third kappa shape index (κ3) is 3.16. The number of likely N-dealkylation sites (N-methyl/N-ethyl adjacent to an activating group) is 1. The third-order valence-corrected chi connectivity index (χ3v) is 6.26. The quantitative estimate of drug-likeness (QED) is 0.840. The fourth-order valence-electron chi connectivity index (χ4n) is 4.64. The Kier molecular flexibility index (Phi) is 4.82. The van der Waals surface area contributed by atoms with E-state index in [9.17, 15) is 4.79 Å². The molecule has 1 fully saturated rings. The van der Waals surface area contributed by atoms with Crippen molar-refractivity contribution < 1.29 is 4.79 Å². The topological polar surface area (TPSA) is 23.6 Å². The second-order valence-electron chi connectivity index (χ2n) is 7.72. The molecule has 0 bridgehead atoms. The molecule has 0 aromatic heterocycles. The number of nitrogens with zero attached hydrogens (tertiary/aromatic N) is 2. The minimum atomic E-state index is 0.143. The van der Waals surface area contributed by atoms with Gasteiger partial charge in [-0.1, -0.05) is 48.5 Å². The van der Waals surface area contributed by atoms with Crippen LogP contribution in [0.25, 0.3) is 0 Å². The van der Waals surface area contributed by atoms with Crippen molar-refractivity contribution >= 4 is 5.91 Å². The lowest BCUT2D eigenvalue weighted by molar-refractivity contribution is 0.0595. The Labute approximate surface area is 156 Å². The van der Waals surface area contributed by atoms with E-state index in [1.807, 2.05) is 17.0 Å². The van der Waals surface area contributed by atoms with Crippen LogP contribution >= 0.6 is 0 Å². The SMILES string of the molecule is CCN1CC2(CCN(CCc3ccccc3)CC2)c2ccccc2C1=O. The minimum Gasteiger partial charge on any atom is -0.338 e. The summed E-state index contributed by atoms with van der Waals surface area (Å²) < 4.78 is 0. The highest BCUT2D eigenvalue weighted by molar-refractivity contribution is 5.97. The molecule has 26 heavy (non-hydrogen) atoms. The van der Waals surface area contributed by atoms with Crippen LogP contribution in [0.1, 0.15) is 41.3 Å². The van der Waals surface area contributed by atoms with Gasteiger partial charge in [0.05, 0.1) is 0 Å². The number of piperidine rings is 1. The Morgan fingerprint density at radius 3 is 2.38 bits per heavy atom. The molecule has 1 spiro atoms. The molecule has 0 saturated carbocycles. The van der Waals surface area contributed by atoms with Gasteiger partial charge in [-0.25, -0.2) is 0 Å². The van der Waals surface area contributed by atoms with Crippen molar-refractivity contribution in [3.8, 4) is 0 Å². The fourth-order valence-corrected chi connectivity index (χ4v) is 4.64. The van der Waals surface area contributed by atoms with Crippen LogP contribution in [0.4, 0.5) is 0 Å². The number of hydrogen-bond donors (Lipinski definition) is 0. The fraction of sp³-hybridized carbons (Fsp3) is 0.435. The molecule has 0 aliphatic carbocycles. The molecule has 1 saturated heterocycles. The number of carbonyl (C=O) groups excluding carboxylic acids is 1. The lowest BCUT2D eigenvalue weighted by Gasteiger charge is -2.48. The van der Waals surface area contributed by atoms with Gasteiger partial charge in [0, 0.05) is 30.6 Å². The van der Waals surface area contributed by atoms with Crippen molar-refractivity contribution in [3.05, 3.63) is 71.3 Å². The lowest BCUT2D eigenvalue weighted by Crippen LogP contribution is -2.54. The third-order valence-electron chi connectivity index (χ3n) is 6.26. The monoisotopic (exact) mass is 348 g/mol. The summed E-state index contributed by atoms with van der Waals surface area (Å²) in [4.78, 5) is 17.3. The first-order valence-electron chi connectivity index (χ1n) is 9.87.